The lowest BCUT2D eigenvalue weighted by molar-refractivity contribution is -0.117. The van der Waals surface area contributed by atoms with Crippen LogP contribution in [0.25, 0.3) is 0 Å². The van der Waals surface area contributed by atoms with Crippen molar-refractivity contribution in [1.29, 1.82) is 0 Å². The highest BCUT2D eigenvalue weighted by Gasteiger charge is 2.24. The van der Waals surface area contributed by atoms with Gasteiger partial charge in [0.15, 0.2) is 5.78 Å². The summed E-state index contributed by atoms with van der Waals surface area (Å²) in [6, 6.07) is 12.8. The third-order valence-corrected chi connectivity index (χ3v) is 5.11. The molecule has 2 aromatic carbocycles. The summed E-state index contributed by atoms with van der Waals surface area (Å²) in [5.74, 6) is 0.770. The Bertz CT molecular complexity index is 1130. The van der Waals surface area contributed by atoms with Gasteiger partial charge in [-0.05, 0) is 48.9 Å². The van der Waals surface area contributed by atoms with Gasteiger partial charge in [0.25, 0.3) is 5.91 Å². The smallest absolute Gasteiger partial charge is 0.255 e. The normalized spacial score (nSPS) is 13.0. The fourth-order valence-corrected chi connectivity index (χ4v) is 3.47. The van der Waals surface area contributed by atoms with Crippen LogP contribution in [0.2, 0.25) is 0 Å². The number of likely N-dealkylation sites (N-methyl/N-ethyl adjacent to an activating group) is 1. The summed E-state index contributed by atoms with van der Waals surface area (Å²) in [6.45, 7) is 2.75. The Labute approximate surface area is 179 Å². The molecule has 1 aliphatic rings. The largest absolute Gasteiger partial charge is 0.352 e. The van der Waals surface area contributed by atoms with Crippen molar-refractivity contribution in [2.24, 2.45) is 0 Å². The number of fused-ring (bicyclic) bond motifs is 1. The number of ketones is 1. The molecule has 0 radical (unpaired) electrons. The van der Waals surface area contributed by atoms with Gasteiger partial charge in [0.2, 0.25) is 5.95 Å². The molecule has 1 aromatic heterocycles. The lowest BCUT2D eigenvalue weighted by Gasteiger charge is -2.26. The van der Waals surface area contributed by atoms with E-state index in [0.717, 1.165) is 22.6 Å². The Balaban J connectivity index is 1.39. The van der Waals surface area contributed by atoms with E-state index in [4.69, 9.17) is 0 Å². The number of anilines is 3. The van der Waals surface area contributed by atoms with Crippen molar-refractivity contribution >= 4 is 29.1 Å². The molecule has 8 heteroatoms. The number of aromatic nitrogens is 2. The van der Waals surface area contributed by atoms with Crippen molar-refractivity contribution in [2.45, 2.75) is 19.9 Å². The van der Waals surface area contributed by atoms with E-state index >= 15 is 0 Å². The number of aryl methyl sites for hydroxylation is 1. The zero-order valence-electron chi connectivity index (χ0n) is 17.3. The fourth-order valence-electron chi connectivity index (χ4n) is 3.47. The van der Waals surface area contributed by atoms with Crippen LogP contribution in [0.5, 0.6) is 0 Å². The van der Waals surface area contributed by atoms with E-state index in [2.05, 4.69) is 20.6 Å². The number of nitrogens with zero attached hydrogens (tertiary/aromatic N) is 3. The maximum atomic E-state index is 13.0. The molecule has 0 bridgehead atoms. The molecule has 1 amide bonds. The van der Waals surface area contributed by atoms with Gasteiger partial charge in [0, 0.05) is 42.5 Å². The monoisotopic (exact) mass is 419 g/mol. The van der Waals surface area contributed by atoms with Gasteiger partial charge in [-0.1, -0.05) is 12.1 Å². The highest BCUT2D eigenvalue weighted by molar-refractivity contribution is 6.04. The Kier molecular flexibility index (Phi) is 5.62. The molecular formula is C23H22FN5O2. The molecule has 0 aliphatic carbocycles. The quantitative estimate of drug-likeness (QED) is 0.660. The zero-order valence-corrected chi connectivity index (χ0v) is 17.3. The van der Waals surface area contributed by atoms with Crippen molar-refractivity contribution in [2.75, 3.05) is 29.1 Å². The standard InChI is InChI=1S/C23H22FN5O2/c1-14-20-11-19(30)13-29(2)21(20)28-23(26-14)25-12-15-3-9-18(10-4-15)27-22(31)16-5-7-17(24)8-6-16/h3-10H,11-13H2,1-2H3,(H,27,31)(H,25,26,28). The lowest BCUT2D eigenvalue weighted by Crippen LogP contribution is -2.34. The van der Waals surface area contributed by atoms with E-state index in [9.17, 15) is 14.0 Å². The van der Waals surface area contributed by atoms with Crippen LogP contribution in [0.4, 0.5) is 21.8 Å². The minimum absolute atomic E-state index is 0.161. The molecule has 31 heavy (non-hydrogen) atoms. The second-order valence-electron chi connectivity index (χ2n) is 7.52. The predicted molar refractivity (Wildman–Crippen MR) is 117 cm³/mol. The van der Waals surface area contributed by atoms with Crippen LogP contribution in [0, 0.1) is 12.7 Å². The Morgan fingerprint density at radius 2 is 1.81 bits per heavy atom. The summed E-state index contributed by atoms with van der Waals surface area (Å²) in [7, 11) is 1.85. The molecule has 1 aliphatic heterocycles. The molecule has 0 fully saturated rings. The van der Waals surface area contributed by atoms with Crippen LogP contribution in [0.3, 0.4) is 0 Å². The molecule has 3 aromatic rings. The molecule has 0 saturated carbocycles. The van der Waals surface area contributed by atoms with Gasteiger partial charge < -0.3 is 15.5 Å². The third kappa shape index (κ3) is 4.69. The number of amides is 1. The summed E-state index contributed by atoms with van der Waals surface area (Å²) >= 11 is 0. The second-order valence-corrected chi connectivity index (χ2v) is 7.52. The van der Waals surface area contributed by atoms with Gasteiger partial charge in [-0.25, -0.2) is 9.37 Å². The second kappa shape index (κ2) is 8.51. The van der Waals surface area contributed by atoms with E-state index in [-0.39, 0.29) is 17.5 Å². The molecule has 7 nitrogen and oxygen atoms in total. The number of carbonyl (C=O) groups excluding carboxylic acids is 2. The van der Waals surface area contributed by atoms with E-state index in [0.29, 0.717) is 36.7 Å². The minimum Gasteiger partial charge on any atom is -0.352 e. The van der Waals surface area contributed by atoms with Crippen molar-refractivity contribution < 1.29 is 14.0 Å². The first-order valence-corrected chi connectivity index (χ1v) is 9.89. The average Bonchev–Trinajstić information content (AvgIpc) is 2.74. The Hall–Kier alpha value is -3.81. The molecule has 2 heterocycles. The maximum Gasteiger partial charge on any atom is 0.255 e. The van der Waals surface area contributed by atoms with Crippen LogP contribution >= 0.6 is 0 Å². The summed E-state index contributed by atoms with van der Waals surface area (Å²) < 4.78 is 13.0. The van der Waals surface area contributed by atoms with Crippen LogP contribution in [0.1, 0.15) is 27.2 Å². The number of nitrogens with one attached hydrogen (secondary N) is 2. The number of benzene rings is 2. The Morgan fingerprint density at radius 3 is 2.52 bits per heavy atom. The van der Waals surface area contributed by atoms with Crippen LogP contribution in [-0.4, -0.2) is 35.3 Å². The van der Waals surface area contributed by atoms with E-state index in [1.807, 2.05) is 31.0 Å². The summed E-state index contributed by atoms with van der Waals surface area (Å²) in [5, 5.41) is 6.01. The van der Waals surface area contributed by atoms with Crippen molar-refractivity contribution in [3.8, 4) is 0 Å². The Morgan fingerprint density at radius 1 is 1.10 bits per heavy atom. The van der Waals surface area contributed by atoms with Crippen LogP contribution in [-0.2, 0) is 17.8 Å². The van der Waals surface area contributed by atoms with E-state index in [1.54, 1.807) is 12.1 Å². The number of hydrogen-bond acceptors (Lipinski definition) is 6. The van der Waals surface area contributed by atoms with Gasteiger partial charge >= 0.3 is 0 Å². The van der Waals surface area contributed by atoms with Crippen molar-refractivity contribution in [1.82, 2.24) is 9.97 Å². The molecular weight excluding hydrogens is 397 g/mol. The van der Waals surface area contributed by atoms with Crippen LogP contribution < -0.4 is 15.5 Å². The van der Waals surface area contributed by atoms with Gasteiger partial charge in [0.05, 0.1) is 6.54 Å². The number of rotatable bonds is 5. The summed E-state index contributed by atoms with van der Waals surface area (Å²) in [5.41, 5.74) is 3.70. The first-order chi connectivity index (χ1) is 14.9. The zero-order chi connectivity index (χ0) is 22.0. The number of carbonyl (C=O) groups is 2. The van der Waals surface area contributed by atoms with E-state index in [1.165, 1.54) is 24.3 Å². The molecule has 0 atom stereocenters. The van der Waals surface area contributed by atoms with Gasteiger partial charge in [-0.3, -0.25) is 9.59 Å². The molecule has 0 saturated heterocycles. The van der Waals surface area contributed by atoms with Gasteiger partial charge in [0.1, 0.15) is 11.6 Å². The first-order valence-electron chi connectivity index (χ1n) is 9.89. The minimum atomic E-state index is -0.383. The topological polar surface area (TPSA) is 87.2 Å². The van der Waals surface area contributed by atoms with Gasteiger partial charge in [-0.2, -0.15) is 4.98 Å². The lowest BCUT2D eigenvalue weighted by atomic mass is 10.0. The maximum absolute atomic E-state index is 13.0. The summed E-state index contributed by atoms with van der Waals surface area (Å²) in [6.07, 6.45) is 0.372. The average molecular weight is 419 g/mol. The van der Waals surface area contributed by atoms with Crippen molar-refractivity contribution in [3.63, 3.8) is 0 Å². The SMILES string of the molecule is Cc1nc(NCc2ccc(NC(=O)c3ccc(F)cc3)cc2)nc2c1CC(=O)CN2C. The molecule has 158 valence electrons. The molecule has 4 rings (SSSR count). The molecule has 2 N–H and O–H groups in total. The number of halogens is 1. The van der Waals surface area contributed by atoms with E-state index < -0.39 is 0 Å². The van der Waals surface area contributed by atoms with Crippen molar-refractivity contribution in [3.05, 3.63) is 76.7 Å². The molecule has 0 spiro atoms. The number of Topliss-reactive ketones (excluding diaryl/α,β-unsaturated/α-hetero) is 1. The van der Waals surface area contributed by atoms with Crippen LogP contribution in [0.15, 0.2) is 48.5 Å². The first kappa shape index (κ1) is 20.5. The third-order valence-electron chi connectivity index (χ3n) is 5.11. The molecule has 0 unspecified atom stereocenters. The number of hydrogen-bond donors (Lipinski definition) is 2. The summed E-state index contributed by atoms with van der Waals surface area (Å²) in [4.78, 5) is 34.9. The predicted octanol–water partition coefficient (Wildman–Crippen LogP) is 3.35. The highest BCUT2D eigenvalue weighted by Crippen LogP contribution is 2.26. The fraction of sp³-hybridized carbons (Fsp3) is 0.217. The van der Waals surface area contributed by atoms with Gasteiger partial charge in [-0.15, -0.1) is 0 Å². The highest BCUT2D eigenvalue weighted by atomic mass is 19.1.